The average molecular weight is 408 g/mol. The van der Waals surface area contributed by atoms with Crippen molar-refractivity contribution in [3.63, 3.8) is 0 Å². The number of nitrogens with zero attached hydrogens (tertiary/aromatic N) is 1. The molecular formula is C23H22NO4S+. The summed E-state index contributed by atoms with van der Waals surface area (Å²) < 4.78 is 38.7. The molecule has 29 heavy (non-hydrogen) atoms. The molecule has 1 atom stereocenters. The van der Waals surface area contributed by atoms with Crippen molar-refractivity contribution in [2.75, 3.05) is 6.61 Å². The van der Waals surface area contributed by atoms with Crippen LogP contribution in [-0.4, -0.2) is 21.1 Å². The Morgan fingerprint density at radius 1 is 0.966 bits per heavy atom. The maximum atomic E-state index is 12.6. The normalized spacial score (nSPS) is 15.9. The molecule has 5 nitrogen and oxygen atoms in total. The van der Waals surface area contributed by atoms with Crippen LogP contribution in [0.25, 0.3) is 6.08 Å². The summed E-state index contributed by atoms with van der Waals surface area (Å²) in [6.07, 6.45) is 5.47. The molecule has 0 bridgehead atoms. The van der Waals surface area contributed by atoms with Crippen molar-refractivity contribution in [1.82, 2.24) is 0 Å². The second-order valence-electron chi connectivity index (χ2n) is 6.96. The summed E-state index contributed by atoms with van der Waals surface area (Å²) in [7, 11) is -3.86. The van der Waals surface area contributed by atoms with E-state index in [9.17, 15) is 8.42 Å². The van der Waals surface area contributed by atoms with Crippen molar-refractivity contribution in [2.24, 2.45) is 0 Å². The molecular weight excluding hydrogens is 386 g/mol. The molecule has 4 rings (SSSR count). The van der Waals surface area contributed by atoms with Crippen LogP contribution in [0.1, 0.15) is 11.1 Å². The molecule has 0 fully saturated rings. The van der Waals surface area contributed by atoms with Crippen LogP contribution in [0.2, 0.25) is 0 Å². The van der Waals surface area contributed by atoms with Crippen molar-refractivity contribution >= 4 is 16.2 Å². The van der Waals surface area contributed by atoms with Crippen LogP contribution in [0.5, 0.6) is 5.75 Å². The highest BCUT2D eigenvalue weighted by molar-refractivity contribution is 7.86. The zero-order valence-electron chi connectivity index (χ0n) is 16.1. The Morgan fingerprint density at radius 2 is 1.69 bits per heavy atom. The highest BCUT2D eigenvalue weighted by Crippen LogP contribution is 2.30. The fraction of sp³-hybridized carbons (Fsp3) is 0.174. The van der Waals surface area contributed by atoms with E-state index in [4.69, 9.17) is 8.92 Å². The summed E-state index contributed by atoms with van der Waals surface area (Å²) in [6, 6.07) is 20.2. The number of ether oxygens (including phenoxy) is 1. The lowest BCUT2D eigenvalue weighted by Gasteiger charge is -2.25. The largest absolute Gasteiger partial charge is 0.483 e. The monoisotopic (exact) mass is 408 g/mol. The van der Waals surface area contributed by atoms with Gasteiger partial charge in [0.15, 0.2) is 25.0 Å². The van der Waals surface area contributed by atoms with Gasteiger partial charge < -0.3 is 4.74 Å². The molecule has 0 radical (unpaired) electrons. The van der Waals surface area contributed by atoms with E-state index in [0.717, 1.165) is 22.4 Å². The first-order chi connectivity index (χ1) is 14.0. The van der Waals surface area contributed by atoms with Gasteiger partial charge in [-0.3, -0.25) is 4.18 Å². The molecule has 0 aliphatic carbocycles. The Balaban J connectivity index is 1.56. The van der Waals surface area contributed by atoms with Gasteiger partial charge in [-0.05, 0) is 31.2 Å². The quantitative estimate of drug-likeness (QED) is 0.463. The first-order valence-electron chi connectivity index (χ1n) is 9.38. The molecule has 3 aromatic rings. The van der Waals surface area contributed by atoms with Crippen molar-refractivity contribution in [1.29, 1.82) is 0 Å². The van der Waals surface area contributed by atoms with Crippen LogP contribution in [0.4, 0.5) is 0 Å². The molecule has 0 amide bonds. The van der Waals surface area contributed by atoms with E-state index in [-0.39, 0.29) is 11.5 Å². The highest BCUT2D eigenvalue weighted by atomic mass is 32.2. The van der Waals surface area contributed by atoms with Gasteiger partial charge in [-0.1, -0.05) is 42.0 Å². The SMILES string of the molecule is Cc1ccc(S(=O)(=O)OCC2Oc3ccccc3C=C2C[n+]2ccccc2)cc1. The average Bonchev–Trinajstić information content (AvgIpc) is 2.73. The summed E-state index contributed by atoms with van der Waals surface area (Å²) in [5, 5.41) is 0. The molecule has 148 valence electrons. The van der Waals surface area contributed by atoms with Crippen molar-refractivity contribution in [2.45, 2.75) is 24.5 Å². The number of hydrogen-bond acceptors (Lipinski definition) is 4. The molecule has 1 aliphatic heterocycles. The van der Waals surface area contributed by atoms with Gasteiger partial charge in [0.1, 0.15) is 12.4 Å². The van der Waals surface area contributed by atoms with E-state index in [2.05, 4.69) is 0 Å². The van der Waals surface area contributed by atoms with Gasteiger partial charge in [0.2, 0.25) is 0 Å². The number of rotatable bonds is 6. The minimum Gasteiger partial charge on any atom is -0.483 e. The fourth-order valence-electron chi connectivity index (χ4n) is 3.19. The lowest BCUT2D eigenvalue weighted by Crippen LogP contribution is -2.40. The van der Waals surface area contributed by atoms with Crippen LogP contribution in [-0.2, 0) is 20.8 Å². The van der Waals surface area contributed by atoms with Crippen LogP contribution >= 0.6 is 0 Å². The Hall–Kier alpha value is -2.96. The van der Waals surface area contributed by atoms with E-state index in [1.54, 1.807) is 24.3 Å². The Kier molecular flexibility index (Phi) is 5.47. The maximum absolute atomic E-state index is 12.6. The summed E-state index contributed by atoms with van der Waals surface area (Å²) in [5.41, 5.74) is 2.90. The van der Waals surface area contributed by atoms with Gasteiger partial charge >= 0.3 is 0 Å². The third kappa shape index (κ3) is 4.55. The molecule has 0 saturated carbocycles. The molecule has 6 heteroatoms. The minimum atomic E-state index is -3.86. The van der Waals surface area contributed by atoms with E-state index < -0.39 is 16.2 Å². The zero-order chi connectivity index (χ0) is 20.3. The predicted octanol–water partition coefficient (Wildman–Crippen LogP) is 3.53. The highest BCUT2D eigenvalue weighted by Gasteiger charge is 2.28. The number of aromatic nitrogens is 1. The van der Waals surface area contributed by atoms with Gasteiger partial charge in [0.25, 0.3) is 10.1 Å². The maximum Gasteiger partial charge on any atom is 0.297 e. The second kappa shape index (κ2) is 8.19. The van der Waals surface area contributed by atoms with Gasteiger partial charge in [-0.2, -0.15) is 8.42 Å². The molecule has 1 aliphatic rings. The number of fused-ring (bicyclic) bond motifs is 1. The molecule has 1 aromatic heterocycles. The molecule has 0 N–H and O–H groups in total. The van der Waals surface area contributed by atoms with Crippen LogP contribution in [0.3, 0.4) is 0 Å². The van der Waals surface area contributed by atoms with E-state index in [1.165, 1.54) is 0 Å². The minimum absolute atomic E-state index is 0.0935. The molecule has 2 heterocycles. The van der Waals surface area contributed by atoms with E-state index in [0.29, 0.717) is 6.54 Å². The lowest BCUT2D eigenvalue weighted by molar-refractivity contribution is -0.689. The number of hydrogen-bond donors (Lipinski definition) is 0. The third-order valence-corrected chi connectivity index (χ3v) is 6.07. The summed E-state index contributed by atoms with van der Waals surface area (Å²) >= 11 is 0. The van der Waals surface area contributed by atoms with Crippen molar-refractivity contribution in [3.8, 4) is 5.75 Å². The summed E-state index contributed by atoms with van der Waals surface area (Å²) in [5.74, 6) is 0.718. The Morgan fingerprint density at radius 3 is 2.45 bits per heavy atom. The lowest BCUT2D eigenvalue weighted by atomic mass is 10.0. The number of pyridine rings is 1. The predicted molar refractivity (Wildman–Crippen MR) is 110 cm³/mol. The third-order valence-electron chi connectivity index (χ3n) is 4.77. The van der Waals surface area contributed by atoms with Crippen molar-refractivity contribution < 1.29 is 21.9 Å². The smallest absolute Gasteiger partial charge is 0.297 e. The Bertz CT molecular complexity index is 1120. The summed E-state index contributed by atoms with van der Waals surface area (Å²) in [4.78, 5) is 0.141. The Labute approximate surface area is 171 Å². The molecule has 2 aromatic carbocycles. The van der Waals surface area contributed by atoms with Crippen LogP contribution in [0.15, 0.2) is 89.6 Å². The van der Waals surface area contributed by atoms with E-state index in [1.807, 2.05) is 72.4 Å². The van der Waals surface area contributed by atoms with Gasteiger partial charge in [-0.15, -0.1) is 0 Å². The van der Waals surface area contributed by atoms with E-state index >= 15 is 0 Å². The molecule has 0 spiro atoms. The topological polar surface area (TPSA) is 56.5 Å². The van der Waals surface area contributed by atoms with Gasteiger partial charge in [0, 0.05) is 23.3 Å². The van der Waals surface area contributed by atoms with Crippen LogP contribution in [0, 0.1) is 6.92 Å². The zero-order valence-corrected chi connectivity index (χ0v) is 16.9. The number of benzene rings is 2. The van der Waals surface area contributed by atoms with Gasteiger partial charge in [-0.25, -0.2) is 4.57 Å². The fourth-order valence-corrected chi connectivity index (χ4v) is 4.10. The number of aryl methyl sites for hydroxylation is 1. The van der Waals surface area contributed by atoms with Gasteiger partial charge in [0.05, 0.1) is 4.90 Å². The first-order valence-corrected chi connectivity index (χ1v) is 10.8. The molecule has 0 saturated heterocycles. The molecule has 1 unspecified atom stereocenters. The second-order valence-corrected chi connectivity index (χ2v) is 8.58. The standard InChI is InChI=1S/C23H22NO4S/c1-18-9-11-21(12-10-18)29(25,26)27-17-23-20(16-24-13-5-2-6-14-24)15-19-7-3-4-8-22(19)28-23/h2-15,23H,16-17H2,1H3/q+1. The first kappa shape index (κ1) is 19.4. The van der Waals surface area contributed by atoms with Crippen molar-refractivity contribution in [3.05, 3.63) is 95.8 Å². The number of para-hydroxylation sites is 1. The van der Waals surface area contributed by atoms with Crippen LogP contribution < -0.4 is 9.30 Å². The summed E-state index contributed by atoms with van der Waals surface area (Å²) in [6.45, 7) is 2.39.